The van der Waals surface area contributed by atoms with Crippen LogP contribution in [0, 0.1) is 12.8 Å². The van der Waals surface area contributed by atoms with Crippen LogP contribution >= 0.6 is 0 Å². The number of likely N-dealkylation sites (N-methyl/N-ethyl adjacent to an activating group) is 1. The van der Waals surface area contributed by atoms with Crippen molar-refractivity contribution in [2.45, 2.75) is 20.3 Å². The highest BCUT2D eigenvalue weighted by molar-refractivity contribution is 5.94. The second kappa shape index (κ2) is 16.0. The molecule has 3 N–H and O–H groups in total. The molecule has 0 unspecified atom stereocenters. The van der Waals surface area contributed by atoms with Crippen LogP contribution in [-0.2, 0) is 6.42 Å². The Bertz CT molecular complexity index is 1710. The largest absolute Gasteiger partial charge is 0.388 e. The van der Waals surface area contributed by atoms with E-state index in [-0.39, 0.29) is 0 Å². The Balaban J connectivity index is 0.00000248. The van der Waals surface area contributed by atoms with Crippen LogP contribution in [0.15, 0.2) is 152 Å². The lowest BCUT2D eigenvalue weighted by Crippen LogP contribution is -2.11. The number of H-pyrrole nitrogens is 1. The monoisotopic (exact) mass is 565 g/mol. The molecule has 4 aromatic rings. The van der Waals surface area contributed by atoms with Gasteiger partial charge in [-0.2, -0.15) is 0 Å². The maximum atomic E-state index is 4.46. The van der Waals surface area contributed by atoms with Gasteiger partial charge >= 0.3 is 0 Å². The molecule has 5 nitrogen and oxygen atoms in total. The molecule has 0 saturated carbocycles. The van der Waals surface area contributed by atoms with Gasteiger partial charge < -0.3 is 15.6 Å². The molecule has 1 aromatic carbocycles. The summed E-state index contributed by atoms with van der Waals surface area (Å²) < 4.78 is 0. The molecule has 0 spiro atoms. The highest BCUT2D eigenvalue weighted by atomic mass is 14.9. The maximum absolute atomic E-state index is 4.46. The first-order chi connectivity index (χ1) is 21.0. The van der Waals surface area contributed by atoms with Gasteiger partial charge in [0, 0.05) is 71.4 Å². The van der Waals surface area contributed by atoms with Gasteiger partial charge in [-0.1, -0.05) is 68.3 Å². The number of pyridine rings is 2. The second-order valence-electron chi connectivity index (χ2n) is 9.53. The summed E-state index contributed by atoms with van der Waals surface area (Å²) >= 11 is 0. The van der Waals surface area contributed by atoms with E-state index in [0.29, 0.717) is 6.42 Å². The van der Waals surface area contributed by atoms with Crippen LogP contribution in [0.25, 0.3) is 27.7 Å². The fourth-order valence-corrected chi connectivity index (χ4v) is 4.73. The smallest absolute Gasteiger partial charge is 0.0648 e. The number of terminal acetylenes is 1. The molecule has 5 heteroatoms. The summed E-state index contributed by atoms with van der Waals surface area (Å²) in [4.78, 5) is 12.3. The first-order valence-corrected chi connectivity index (χ1v) is 13.9. The standard InChI is InChI=1S/C36H37N5.C2H2/c1-7-27(19-31(8-2)40-26(5)28-14-11-10-12-15-28)25(4)18-30(35(9-3)37-6)20-32-21-33-34(23-39-24-36(33)41-32)29-16-13-17-38-22-29;1-2/h7-19,21-24,37,40-41H,2,4-5,20H2,1,3,6H3;1-2H/b27-7+,30-18-,31-19+,35-9+;. The molecule has 0 radical (unpaired) electrons. The lowest BCUT2D eigenvalue weighted by molar-refractivity contribution is 0.950. The van der Waals surface area contributed by atoms with Crippen molar-refractivity contribution in [3.8, 4) is 24.0 Å². The third kappa shape index (κ3) is 8.22. The Morgan fingerprint density at radius 3 is 2.35 bits per heavy atom. The predicted octanol–water partition coefficient (Wildman–Crippen LogP) is 8.30. The molecule has 0 aliphatic rings. The van der Waals surface area contributed by atoms with E-state index in [9.17, 15) is 0 Å². The quantitative estimate of drug-likeness (QED) is 0.119. The van der Waals surface area contributed by atoms with Crippen molar-refractivity contribution in [1.29, 1.82) is 0 Å². The summed E-state index contributed by atoms with van der Waals surface area (Å²) in [6.07, 6.45) is 26.2. The second-order valence-corrected chi connectivity index (χ2v) is 9.53. The van der Waals surface area contributed by atoms with Gasteiger partial charge in [-0.3, -0.25) is 9.97 Å². The molecule has 216 valence electrons. The first kappa shape index (κ1) is 31.9. The Labute approximate surface area is 255 Å². The Kier molecular flexibility index (Phi) is 11.9. The summed E-state index contributed by atoms with van der Waals surface area (Å²) in [6, 6.07) is 16.2. The van der Waals surface area contributed by atoms with Crippen molar-refractivity contribution >= 4 is 16.6 Å². The fraction of sp³-hybridized carbons (Fsp3) is 0.105. The van der Waals surface area contributed by atoms with Gasteiger partial charge in [0.05, 0.1) is 11.7 Å². The number of hydrogen-bond donors (Lipinski definition) is 3. The molecule has 0 aliphatic heterocycles. The molecule has 43 heavy (non-hydrogen) atoms. The Hall–Kier alpha value is -5.60. The first-order valence-electron chi connectivity index (χ1n) is 13.9. The minimum atomic E-state index is 0.679. The number of fused-ring (bicyclic) bond motifs is 1. The van der Waals surface area contributed by atoms with Gasteiger partial charge in [-0.15, -0.1) is 12.8 Å². The van der Waals surface area contributed by atoms with Crippen LogP contribution < -0.4 is 10.6 Å². The molecule has 3 aromatic heterocycles. The van der Waals surface area contributed by atoms with Crippen LogP contribution in [0.1, 0.15) is 25.1 Å². The molecule has 0 amide bonds. The van der Waals surface area contributed by atoms with Crippen LogP contribution in [0.5, 0.6) is 0 Å². The van der Waals surface area contributed by atoms with E-state index in [2.05, 4.69) is 88.5 Å². The van der Waals surface area contributed by atoms with E-state index in [1.165, 1.54) is 0 Å². The summed E-state index contributed by atoms with van der Waals surface area (Å²) in [6.45, 7) is 16.7. The molecule has 0 atom stereocenters. The zero-order valence-electron chi connectivity index (χ0n) is 25.2. The highest BCUT2D eigenvalue weighted by Crippen LogP contribution is 2.29. The van der Waals surface area contributed by atoms with Crippen LogP contribution in [0.3, 0.4) is 0 Å². The van der Waals surface area contributed by atoms with Gasteiger partial charge in [0.15, 0.2) is 0 Å². The number of nitrogens with one attached hydrogen (secondary N) is 3. The van der Waals surface area contributed by atoms with Gasteiger partial charge in [-0.05, 0) is 66.5 Å². The van der Waals surface area contributed by atoms with E-state index in [0.717, 1.165) is 67.1 Å². The van der Waals surface area contributed by atoms with Crippen molar-refractivity contribution in [3.63, 3.8) is 0 Å². The molecular formula is C38H39N5. The van der Waals surface area contributed by atoms with Gasteiger partial charge in [0.2, 0.25) is 0 Å². The molecular weight excluding hydrogens is 526 g/mol. The molecule has 0 aliphatic carbocycles. The number of aromatic amines is 1. The molecule has 3 heterocycles. The number of hydrogen-bond acceptors (Lipinski definition) is 4. The van der Waals surface area contributed by atoms with E-state index < -0.39 is 0 Å². The maximum Gasteiger partial charge on any atom is 0.0648 e. The zero-order chi connectivity index (χ0) is 31.2. The minimum absolute atomic E-state index is 0.679. The lowest BCUT2D eigenvalue weighted by Gasteiger charge is -2.14. The summed E-state index contributed by atoms with van der Waals surface area (Å²) in [5.41, 5.74) is 10.8. The van der Waals surface area contributed by atoms with Crippen molar-refractivity contribution in [1.82, 2.24) is 25.6 Å². The van der Waals surface area contributed by atoms with Crippen molar-refractivity contribution < 1.29 is 0 Å². The normalized spacial score (nSPS) is 12.2. The third-order valence-electron chi connectivity index (χ3n) is 6.84. The zero-order valence-corrected chi connectivity index (χ0v) is 25.2. The van der Waals surface area contributed by atoms with Gasteiger partial charge in [0.25, 0.3) is 0 Å². The number of allylic oxidation sites excluding steroid dienone is 8. The Morgan fingerprint density at radius 1 is 0.953 bits per heavy atom. The molecule has 0 bridgehead atoms. The highest BCUT2D eigenvalue weighted by Gasteiger charge is 2.12. The number of benzene rings is 1. The summed E-state index contributed by atoms with van der Waals surface area (Å²) in [5, 5.41) is 7.84. The summed E-state index contributed by atoms with van der Waals surface area (Å²) in [7, 11) is 1.94. The van der Waals surface area contributed by atoms with Crippen molar-refractivity contribution in [2.24, 2.45) is 0 Å². The van der Waals surface area contributed by atoms with Crippen molar-refractivity contribution in [2.75, 3.05) is 7.05 Å². The topological polar surface area (TPSA) is 65.6 Å². The average molecular weight is 566 g/mol. The third-order valence-corrected chi connectivity index (χ3v) is 6.84. The molecule has 4 rings (SSSR count). The van der Waals surface area contributed by atoms with E-state index in [1.54, 1.807) is 12.3 Å². The molecule has 0 saturated heterocycles. The number of rotatable bonds is 12. The minimum Gasteiger partial charge on any atom is -0.388 e. The van der Waals surface area contributed by atoms with E-state index in [4.69, 9.17) is 0 Å². The van der Waals surface area contributed by atoms with Crippen LogP contribution in [0.2, 0.25) is 0 Å². The average Bonchev–Trinajstić information content (AvgIpc) is 3.47. The number of aromatic nitrogens is 3. The van der Waals surface area contributed by atoms with E-state index in [1.807, 2.05) is 82.0 Å². The SMILES string of the molecule is C#C.C=C/C(=C\C(=C/C)C(=C)/C=C(Cc1cc2c(-c3cccnc3)cncc2[nH]1)\C(=C/C)NC)NC(=C)c1ccccc1. The lowest BCUT2D eigenvalue weighted by atomic mass is 9.98. The number of nitrogens with zero attached hydrogens (tertiary/aromatic N) is 2. The van der Waals surface area contributed by atoms with Gasteiger partial charge in [-0.25, -0.2) is 0 Å². The van der Waals surface area contributed by atoms with Crippen LogP contribution in [-0.4, -0.2) is 22.0 Å². The summed E-state index contributed by atoms with van der Waals surface area (Å²) in [5.74, 6) is 0. The van der Waals surface area contributed by atoms with Crippen LogP contribution in [0.4, 0.5) is 0 Å². The Morgan fingerprint density at radius 2 is 1.72 bits per heavy atom. The molecule has 0 fully saturated rings. The van der Waals surface area contributed by atoms with E-state index >= 15 is 0 Å². The van der Waals surface area contributed by atoms with Gasteiger partial charge in [0.1, 0.15) is 0 Å². The fourth-order valence-electron chi connectivity index (χ4n) is 4.73. The predicted molar refractivity (Wildman–Crippen MR) is 184 cm³/mol. The van der Waals surface area contributed by atoms with Crippen molar-refractivity contribution in [3.05, 3.63) is 163 Å².